The molecule has 0 radical (unpaired) electrons. The molecule has 1 N–H and O–H groups in total. The molecule has 2 heterocycles. The molecule has 2 fully saturated rings. The molecule has 2 aliphatic heterocycles. The van der Waals surface area contributed by atoms with Crippen LogP contribution in [0.15, 0.2) is 48.5 Å². The van der Waals surface area contributed by atoms with Gasteiger partial charge in [0.15, 0.2) is 0 Å². The molecule has 2 aromatic rings. The van der Waals surface area contributed by atoms with Gasteiger partial charge in [-0.3, -0.25) is 15.0 Å². The zero-order chi connectivity index (χ0) is 21.1. The third kappa shape index (κ3) is 3.87. The highest BCUT2D eigenvalue weighted by Gasteiger charge is 2.46. The lowest BCUT2D eigenvalue weighted by Crippen LogP contribution is -2.66. The number of amides is 3. The van der Waals surface area contributed by atoms with Crippen molar-refractivity contribution < 1.29 is 14.3 Å². The molecule has 0 spiro atoms. The van der Waals surface area contributed by atoms with E-state index in [1.54, 1.807) is 24.1 Å². The largest absolute Gasteiger partial charge is 0.497 e. The van der Waals surface area contributed by atoms with Gasteiger partial charge in [-0.15, -0.1) is 0 Å². The number of carbonyl (C=O) groups is 2. The van der Waals surface area contributed by atoms with Crippen LogP contribution in [0, 0.1) is 17.2 Å². The smallest absolute Gasteiger partial charge is 0.328 e. The number of ether oxygens (including phenoxy) is 1. The van der Waals surface area contributed by atoms with Gasteiger partial charge in [-0.05, 0) is 54.8 Å². The van der Waals surface area contributed by atoms with Crippen molar-refractivity contribution in [1.29, 1.82) is 5.26 Å². The van der Waals surface area contributed by atoms with Crippen LogP contribution in [0.3, 0.4) is 0 Å². The normalized spacial score (nSPS) is 21.2. The number of nitrogens with zero attached hydrogens (tertiary/aromatic N) is 3. The summed E-state index contributed by atoms with van der Waals surface area (Å²) in [4.78, 5) is 29.6. The number of nitrogens with one attached hydrogen (secondary N) is 1. The maximum Gasteiger partial charge on any atom is 0.328 e. The van der Waals surface area contributed by atoms with E-state index in [0.29, 0.717) is 12.1 Å². The van der Waals surface area contributed by atoms with Crippen molar-refractivity contribution in [3.63, 3.8) is 0 Å². The van der Waals surface area contributed by atoms with Crippen LogP contribution in [0.1, 0.15) is 29.5 Å². The number of carbonyl (C=O) groups excluding carboxylic acids is 2. The molecule has 0 aliphatic carbocycles. The Morgan fingerprint density at radius 1 is 1.07 bits per heavy atom. The molecule has 0 saturated carbocycles. The van der Waals surface area contributed by atoms with Gasteiger partial charge in [0.05, 0.1) is 37.4 Å². The Morgan fingerprint density at radius 3 is 2.40 bits per heavy atom. The molecule has 2 atom stereocenters. The van der Waals surface area contributed by atoms with Crippen LogP contribution in [-0.2, 0) is 17.9 Å². The number of imide groups is 1. The highest BCUT2D eigenvalue weighted by molar-refractivity contribution is 5.98. The second-order valence-corrected chi connectivity index (χ2v) is 7.64. The predicted octanol–water partition coefficient (Wildman–Crippen LogP) is 2.86. The fourth-order valence-electron chi connectivity index (χ4n) is 4.13. The number of hydrogen-bond donors (Lipinski definition) is 1. The fourth-order valence-corrected chi connectivity index (χ4v) is 4.13. The van der Waals surface area contributed by atoms with E-state index in [4.69, 9.17) is 10.00 Å². The van der Waals surface area contributed by atoms with E-state index in [9.17, 15) is 9.59 Å². The van der Waals surface area contributed by atoms with Crippen LogP contribution >= 0.6 is 0 Å². The third-order valence-corrected chi connectivity index (χ3v) is 5.76. The van der Waals surface area contributed by atoms with Crippen LogP contribution < -0.4 is 10.1 Å². The van der Waals surface area contributed by atoms with Crippen molar-refractivity contribution in [2.24, 2.45) is 5.92 Å². The molecule has 7 nitrogen and oxygen atoms in total. The second kappa shape index (κ2) is 8.56. The van der Waals surface area contributed by atoms with Crippen molar-refractivity contribution >= 4 is 11.9 Å². The topological polar surface area (TPSA) is 85.7 Å². The van der Waals surface area contributed by atoms with Gasteiger partial charge in [-0.1, -0.05) is 24.3 Å². The summed E-state index contributed by atoms with van der Waals surface area (Å²) in [5.41, 5.74) is 2.37. The molecule has 154 valence electrons. The second-order valence-electron chi connectivity index (χ2n) is 7.64. The monoisotopic (exact) mass is 404 g/mol. The van der Waals surface area contributed by atoms with E-state index >= 15 is 0 Å². The Bertz CT molecular complexity index is 965. The van der Waals surface area contributed by atoms with Gasteiger partial charge in [0.1, 0.15) is 5.75 Å². The number of hydrogen-bond acceptors (Lipinski definition) is 5. The highest BCUT2D eigenvalue weighted by atomic mass is 16.5. The van der Waals surface area contributed by atoms with Crippen molar-refractivity contribution in [3.8, 4) is 11.8 Å². The van der Waals surface area contributed by atoms with Crippen molar-refractivity contribution in [3.05, 3.63) is 65.2 Å². The van der Waals surface area contributed by atoms with Crippen LogP contribution in [0.4, 0.5) is 4.79 Å². The summed E-state index contributed by atoms with van der Waals surface area (Å²) in [5, 5.41) is 12.4. The summed E-state index contributed by atoms with van der Waals surface area (Å²) in [6.45, 7) is 1.39. The molecule has 3 amide bonds. The molecule has 7 heteroatoms. The number of urea groups is 1. The van der Waals surface area contributed by atoms with Gasteiger partial charge in [-0.2, -0.15) is 5.26 Å². The zero-order valence-corrected chi connectivity index (χ0v) is 16.9. The molecule has 0 aromatic heterocycles. The summed E-state index contributed by atoms with van der Waals surface area (Å²) in [5.74, 6) is 0.353. The maximum atomic E-state index is 13.4. The van der Waals surface area contributed by atoms with Crippen molar-refractivity contribution in [1.82, 2.24) is 15.1 Å². The van der Waals surface area contributed by atoms with Gasteiger partial charge >= 0.3 is 6.03 Å². The fraction of sp³-hybridized carbons (Fsp3) is 0.348. The van der Waals surface area contributed by atoms with E-state index in [0.717, 1.165) is 36.3 Å². The number of nitriles is 1. The summed E-state index contributed by atoms with van der Waals surface area (Å²) in [7, 11) is 1.60. The first-order valence-corrected chi connectivity index (χ1v) is 10.1. The first kappa shape index (κ1) is 19.9. The lowest BCUT2D eigenvalue weighted by atomic mass is 9.91. The Kier molecular flexibility index (Phi) is 5.68. The van der Waals surface area contributed by atoms with Crippen LogP contribution in [0.2, 0.25) is 0 Å². The average Bonchev–Trinajstić information content (AvgIpc) is 2.80. The summed E-state index contributed by atoms with van der Waals surface area (Å²) < 4.78 is 5.19. The average molecular weight is 404 g/mol. The molecule has 2 aliphatic rings. The van der Waals surface area contributed by atoms with Gasteiger partial charge in [0.2, 0.25) is 5.91 Å². The number of fused-ring (bicyclic) bond motifs is 1. The first-order valence-electron chi connectivity index (χ1n) is 10.1. The minimum atomic E-state index is -0.304. The molecule has 2 aromatic carbocycles. The number of methoxy groups -OCH3 is 1. The molecule has 2 unspecified atom stereocenters. The van der Waals surface area contributed by atoms with Gasteiger partial charge in [-0.25, -0.2) is 4.79 Å². The lowest BCUT2D eigenvalue weighted by molar-refractivity contribution is -0.142. The molecule has 0 bridgehead atoms. The summed E-state index contributed by atoms with van der Waals surface area (Å²) in [6, 6.07) is 16.4. The minimum absolute atomic E-state index is 0.121. The van der Waals surface area contributed by atoms with E-state index in [-0.39, 0.29) is 30.6 Å². The lowest BCUT2D eigenvalue weighted by Gasteiger charge is -2.47. The van der Waals surface area contributed by atoms with Crippen molar-refractivity contribution in [2.45, 2.75) is 32.1 Å². The summed E-state index contributed by atoms with van der Waals surface area (Å²) >= 11 is 0. The molecular weight excluding hydrogens is 380 g/mol. The van der Waals surface area contributed by atoms with Crippen LogP contribution in [-0.4, -0.2) is 41.6 Å². The van der Waals surface area contributed by atoms with E-state index in [1.165, 1.54) is 4.90 Å². The van der Waals surface area contributed by atoms with E-state index < -0.39 is 0 Å². The van der Waals surface area contributed by atoms with Gasteiger partial charge < -0.3 is 9.64 Å². The van der Waals surface area contributed by atoms with Crippen molar-refractivity contribution in [2.75, 3.05) is 13.7 Å². The number of rotatable bonds is 5. The van der Waals surface area contributed by atoms with Gasteiger partial charge in [0.25, 0.3) is 0 Å². The number of benzene rings is 2. The molecular formula is C23H24N4O3. The SMILES string of the molecule is COc1ccc(CN2C(=O)C3CCCNC3N(Cc3ccc(C#N)cc3)C2=O)cc1. The number of piperidine rings is 1. The molecule has 2 saturated heterocycles. The Balaban J connectivity index is 1.59. The Hall–Kier alpha value is -3.37. The minimum Gasteiger partial charge on any atom is -0.497 e. The Labute approximate surface area is 175 Å². The maximum absolute atomic E-state index is 13.4. The third-order valence-electron chi connectivity index (χ3n) is 5.76. The van der Waals surface area contributed by atoms with Crippen LogP contribution in [0.25, 0.3) is 0 Å². The first-order chi connectivity index (χ1) is 14.6. The molecule has 30 heavy (non-hydrogen) atoms. The standard InChI is InChI=1S/C23H24N4O3/c1-30-19-10-8-18(9-11-19)15-27-22(28)20-3-2-12-25-21(20)26(23(27)29)14-17-6-4-16(13-24)5-7-17/h4-11,20-21,25H,2-3,12,14-15H2,1H3. The predicted molar refractivity (Wildman–Crippen MR) is 110 cm³/mol. The quantitative estimate of drug-likeness (QED) is 0.828. The van der Waals surface area contributed by atoms with E-state index in [1.807, 2.05) is 36.4 Å². The zero-order valence-electron chi connectivity index (χ0n) is 16.9. The summed E-state index contributed by atoms with van der Waals surface area (Å²) in [6.07, 6.45) is 1.36. The Morgan fingerprint density at radius 2 is 1.73 bits per heavy atom. The molecule has 4 rings (SSSR count). The van der Waals surface area contributed by atoms with Crippen LogP contribution in [0.5, 0.6) is 5.75 Å². The van der Waals surface area contributed by atoms with Gasteiger partial charge in [0, 0.05) is 6.54 Å². The highest BCUT2D eigenvalue weighted by Crippen LogP contribution is 2.30. The van der Waals surface area contributed by atoms with E-state index in [2.05, 4.69) is 11.4 Å².